The highest BCUT2D eigenvalue weighted by molar-refractivity contribution is 6.18. The van der Waals surface area contributed by atoms with E-state index >= 15 is 0 Å². The number of piperidine rings is 3. The number of carbonyl (C=O) groups excluding carboxylic acids is 1. The van der Waals surface area contributed by atoms with E-state index in [1.54, 1.807) is 0 Å². The minimum Gasteiger partial charge on any atom is -0.461 e. The van der Waals surface area contributed by atoms with E-state index in [2.05, 4.69) is 30.9 Å². The zero-order valence-electron chi connectivity index (χ0n) is 14.2. The van der Waals surface area contributed by atoms with Crippen LogP contribution in [0.15, 0.2) is 18.2 Å². The highest BCUT2D eigenvalue weighted by atomic mass is 16.5. The maximum atomic E-state index is 12.7. The van der Waals surface area contributed by atoms with Crippen LogP contribution in [-0.2, 0) is 16.0 Å². The number of allylic oxidation sites excluding steroid dienone is 1. The van der Waals surface area contributed by atoms with Gasteiger partial charge in [-0.15, -0.1) is 0 Å². The Morgan fingerprint density at radius 2 is 1.87 bits per heavy atom. The van der Waals surface area contributed by atoms with Crippen molar-refractivity contribution in [3.63, 3.8) is 0 Å². The molecule has 4 aliphatic rings. The average molecular weight is 311 g/mol. The molecule has 3 fully saturated rings. The number of fused-ring (bicyclic) bond motifs is 4. The summed E-state index contributed by atoms with van der Waals surface area (Å²) in [4.78, 5) is 15.2. The van der Waals surface area contributed by atoms with Crippen molar-refractivity contribution < 1.29 is 9.53 Å². The standard InChI is InChI=1S/C20H25NO2/c1-14-3-4-16-5-6-17(18(16)15(14)2)19(22)23-13-20-7-10-21(11-8-20)12-9-20/h3-4,6H,5,7-13H2,1-2H3. The number of esters is 1. The van der Waals surface area contributed by atoms with Gasteiger partial charge in [0.25, 0.3) is 0 Å². The third-order valence-electron chi connectivity index (χ3n) is 6.22. The number of rotatable bonds is 3. The van der Waals surface area contributed by atoms with Crippen molar-refractivity contribution in [1.29, 1.82) is 0 Å². The van der Waals surface area contributed by atoms with Gasteiger partial charge < -0.3 is 9.64 Å². The van der Waals surface area contributed by atoms with Crippen molar-refractivity contribution in [2.24, 2.45) is 5.41 Å². The van der Waals surface area contributed by atoms with Crippen LogP contribution < -0.4 is 0 Å². The Morgan fingerprint density at radius 1 is 1.17 bits per heavy atom. The van der Waals surface area contributed by atoms with Gasteiger partial charge in [-0.3, -0.25) is 0 Å². The van der Waals surface area contributed by atoms with Crippen molar-refractivity contribution in [3.05, 3.63) is 40.5 Å². The molecule has 0 saturated carbocycles. The van der Waals surface area contributed by atoms with Gasteiger partial charge in [0.2, 0.25) is 0 Å². The van der Waals surface area contributed by atoms with E-state index in [4.69, 9.17) is 4.74 Å². The highest BCUT2D eigenvalue weighted by Gasteiger charge is 2.40. The molecule has 1 aromatic carbocycles. The van der Waals surface area contributed by atoms with Crippen LogP contribution in [0, 0.1) is 19.3 Å². The van der Waals surface area contributed by atoms with Crippen molar-refractivity contribution >= 4 is 11.5 Å². The summed E-state index contributed by atoms with van der Waals surface area (Å²) in [7, 11) is 0. The lowest BCUT2D eigenvalue weighted by Gasteiger charge is -2.47. The van der Waals surface area contributed by atoms with Crippen LogP contribution in [0.4, 0.5) is 0 Å². The van der Waals surface area contributed by atoms with E-state index < -0.39 is 0 Å². The molecule has 3 aliphatic heterocycles. The van der Waals surface area contributed by atoms with E-state index in [9.17, 15) is 4.79 Å². The normalized spacial score (nSPS) is 28.4. The first-order valence-corrected chi connectivity index (χ1v) is 8.77. The van der Waals surface area contributed by atoms with Crippen LogP contribution in [-0.4, -0.2) is 37.1 Å². The molecule has 23 heavy (non-hydrogen) atoms. The monoisotopic (exact) mass is 311 g/mol. The Bertz CT molecular complexity index is 667. The molecule has 1 aromatic rings. The molecular weight excluding hydrogens is 286 g/mol. The average Bonchev–Trinajstić information content (AvgIpc) is 3.03. The van der Waals surface area contributed by atoms with Crippen LogP contribution in [0.3, 0.4) is 0 Å². The molecule has 3 heteroatoms. The SMILES string of the molecule is Cc1ccc2c(c1C)C(C(=O)OCC13CCN(CC1)CC3)=CC2. The minimum atomic E-state index is -0.125. The zero-order valence-corrected chi connectivity index (χ0v) is 14.2. The van der Waals surface area contributed by atoms with Crippen molar-refractivity contribution in [2.45, 2.75) is 39.5 Å². The number of nitrogens with zero attached hydrogens (tertiary/aromatic N) is 1. The Kier molecular flexibility index (Phi) is 3.56. The fourth-order valence-electron chi connectivity index (χ4n) is 4.33. The zero-order chi connectivity index (χ0) is 16.0. The molecule has 0 amide bonds. The van der Waals surface area contributed by atoms with Crippen molar-refractivity contribution in [3.8, 4) is 0 Å². The summed E-state index contributed by atoms with van der Waals surface area (Å²) in [6.07, 6.45) is 6.41. The first-order chi connectivity index (χ1) is 11.1. The number of aryl methyl sites for hydroxylation is 1. The lowest BCUT2D eigenvalue weighted by atomic mass is 9.73. The van der Waals surface area contributed by atoms with Crippen molar-refractivity contribution in [1.82, 2.24) is 4.90 Å². The molecule has 0 radical (unpaired) electrons. The number of carbonyl (C=O) groups is 1. The summed E-state index contributed by atoms with van der Waals surface area (Å²) in [5.41, 5.74) is 5.85. The minimum absolute atomic E-state index is 0.125. The number of hydrogen-bond acceptors (Lipinski definition) is 3. The maximum absolute atomic E-state index is 12.7. The Hall–Kier alpha value is -1.61. The number of benzene rings is 1. The van der Waals surface area contributed by atoms with E-state index in [-0.39, 0.29) is 11.4 Å². The van der Waals surface area contributed by atoms with Gasteiger partial charge >= 0.3 is 5.97 Å². The van der Waals surface area contributed by atoms with E-state index in [1.165, 1.54) is 55.6 Å². The van der Waals surface area contributed by atoms with Gasteiger partial charge in [-0.2, -0.15) is 0 Å². The highest BCUT2D eigenvalue weighted by Crippen LogP contribution is 2.41. The van der Waals surface area contributed by atoms with Crippen LogP contribution in [0.2, 0.25) is 0 Å². The van der Waals surface area contributed by atoms with E-state index in [0.717, 1.165) is 17.6 Å². The molecule has 3 nitrogen and oxygen atoms in total. The van der Waals surface area contributed by atoms with E-state index in [1.807, 2.05) is 6.08 Å². The first-order valence-electron chi connectivity index (χ1n) is 8.77. The molecule has 1 aliphatic carbocycles. The fraction of sp³-hybridized carbons (Fsp3) is 0.550. The summed E-state index contributed by atoms with van der Waals surface area (Å²) in [5.74, 6) is -0.125. The predicted molar refractivity (Wildman–Crippen MR) is 91.3 cm³/mol. The van der Waals surface area contributed by atoms with Gasteiger partial charge in [-0.25, -0.2) is 4.79 Å². The second kappa shape index (κ2) is 5.48. The van der Waals surface area contributed by atoms with Crippen LogP contribution in [0.1, 0.15) is 41.5 Å². The molecule has 122 valence electrons. The lowest BCUT2D eigenvalue weighted by Crippen LogP contribution is -2.50. The Balaban J connectivity index is 1.48. The molecule has 0 unspecified atom stereocenters. The van der Waals surface area contributed by atoms with Gasteiger partial charge in [0, 0.05) is 5.41 Å². The molecule has 0 spiro atoms. The third-order valence-corrected chi connectivity index (χ3v) is 6.22. The van der Waals surface area contributed by atoms with Gasteiger partial charge in [-0.1, -0.05) is 18.2 Å². The van der Waals surface area contributed by atoms with Crippen LogP contribution >= 0.6 is 0 Å². The summed E-state index contributed by atoms with van der Waals surface area (Å²) in [5, 5.41) is 0. The molecule has 0 atom stereocenters. The summed E-state index contributed by atoms with van der Waals surface area (Å²) in [6, 6.07) is 4.29. The topological polar surface area (TPSA) is 29.5 Å². The summed E-state index contributed by atoms with van der Waals surface area (Å²) in [6.45, 7) is 8.31. The van der Waals surface area contributed by atoms with Gasteiger partial charge in [0.05, 0.1) is 12.2 Å². The Labute approximate surface area is 138 Å². The largest absolute Gasteiger partial charge is 0.461 e. The Morgan fingerprint density at radius 3 is 2.57 bits per heavy atom. The molecule has 0 aromatic heterocycles. The number of ether oxygens (including phenoxy) is 1. The predicted octanol–water partition coefficient (Wildman–Crippen LogP) is 3.27. The number of hydrogen-bond donors (Lipinski definition) is 0. The quantitative estimate of drug-likeness (QED) is 0.802. The van der Waals surface area contributed by atoms with E-state index in [0.29, 0.717) is 6.61 Å². The second-order valence-corrected chi connectivity index (χ2v) is 7.53. The molecule has 5 rings (SSSR count). The molecule has 0 N–H and O–H groups in total. The fourth-order valence-corrected chi connectivity index (χ4v) is 4.33. The molecule has 3 heterocycles. The molecular formula is C20H25NO2. The molecule has 2 bridgehead atoms. The molecule has 3 saturated heterocycles. The van der Waals surface area contributed by atoms with Crippen molar-refractivity contribution in [2.75, 3.05) is 26.2 Å². The second-order valence-electron chi connectivity index (χ2n) is 7.53. The summed E-state index contributed by atoms with van der Waals surface area (Å²) >= 11 is 0. The lowest BCUT2D eigenvalue weighted by molar-refractivity contribution is -0.143. The third kappa shape index (κ3) is 2.51. The maximum Gasteiger partial charge on any atom is 0.338 e. The first kappa shape index (κ1) is 14.9. The van der Waals surface area contributed by atoms with Gasteiger partial charge in [-0.05, 0) is 81.4 Å². The van der Waals surface area contributed by atoms with Crippen LogP contribution in [0.5, 0.6) is 0 Å². The van der Waals surface area contributed by atoms with Gasteiger partial charge in [0.15, 0.2) is 0 Å². The van der Waals surface area contributed by atoms with Gasteiger partial charge in [0.1, 0.15) is 0 Å². The summed E-state index contributed by atoms with van der Waals surface area (Å²) < 4.78 is 5.81. The van der Waals surface area contributed by atoms with Crippen LogP contribution in [0.25, 0.3) is 5.57 Å². The smallest absolute Gasteiger partial charge is 0.338 e.